The van der Waals surface area contributed by atoms with Gasteiger partial charge in [0.05, 0.1) is 0 Å². The fourth-order valence-corrected chi connectivity index (χ4v) is 2.97. The Morgan fingerprint density at radius 2 is 1.89 bits per heavy atom. The van der Waals surface area contributed by atoms with Gasteiger partial charge in [-0.1, -0.05) is 63.4 Å². The molecule has 1 saturated carbocycles. The second-order valence-electron chi connectivity index (χ2n) is 5.83. The second-order valence-corrected chi connectivity index (χ2v) is 5.83. The molecule has 100 valence electrons. The monoisotopic (exact) mass is 245 g/mol. The topological polar surface area (TPSA) is 12.0 Å². The molecule has 0 saturated heterocycles. The van der Waals surface area contributed by atoms with E-state index < -0.39 is 0 Å². The molecule has 18 heavy (non-hydrogen) atoms. The normalized spacial score (nSPS) is 25.9. The van der Waals surface area contributed by atoms with E-state index >= 15 is 0 Å². The summed E-state index contributed by atoms with van der Waals surface area (Å²) in [5, 5.41) is 3.82. The minimum atomic E-state index is 0.690. The predicted octanol–water partition coefficient (Wildman–Crippen LogP) is 4.35. The summed E-state index contributed by atoms with van der Waals surface area (Å²) in [7, 11) is 0. The molecule has 1 aromatic carbocycles. The molecule has 0 heterocycles. The number of hydrogen-bond acceptors (Lipinski definition) is 1. The molecule has 1 fully saturated rings. The quantitative estimate of drug-likeness (QED) is 0.813. The number of benzene rings is 1. The zero-order chi connectivity index (χ0) is 12.8. The van der Waals surface area contributed by atoms with Crippen molar-refractivity contribution >= 4 is 0 Å². The summed E-state index contributed by atoms with van der Waals surface area (Å²) >= 11 is 0. The molecule has 0 spiro atoms. The first-order chi connectivity index (χ1) is 8.81. The molecule has 0 radical (unpaired) electrons. The number of nitrogens with one attached hydrogen (secondary N) is 1. The van der Waals surface area contributed by atoms with Crippen LogP contribution in [-0.4, -0.2) is 12.6 Å². The van der Waals surface area contributed by atoms with Crippen LogP contribution in [0.5, 0.6) is 0 Å². The molecule has 0 amide bonds. The van der Waals surface area contributed by atoms with Crippen LogP contribution in [0.25, 0.3) is 0 Å². The summed E-state index contributed by atoms with van der Waals surface area (Å²) in [5.41, 5.74) is 1.53. The fourth-order valence-electron chi connectivity index (χ4n) is 2.97. The van der Waals surface area contributed by atoms with Gasteiger partial charge in [-0.05, 0) is 36.8 Å². The molecule has 1 aliphatic carbocycles. The van der Waals surface area contributed by atoms with Gasteiger partial charge in [-0.15, -0.1) is 0 Å². The molecule has 1 heteroatoms. The number of rotatable bonds is 5. The average molecular weight is 245 g/mol. The van der Waals surface area contributed by atoms with Crippen LogP contribution < -0.4 is 5.32 Å². The maximum Gasteiger partial charge on any atom is 0.0136 e. The average Bonchev–Trinajstić information content (AvgIpc) is 2.46. The zero-order valence-electron chi connectivity index (χ0n) is 11.9. The van der Waals surface area contributed by atoms with E-state index in [0.717, 1.165) is 11.8 Å². The van der Waals surface area contributed by atoms with Crippen LogP contribution in [0.4, 0.5) is 0 Å². The Kier molecular flexibility index (Phi) is 5.25. The van der Waals surface area contributed by atoms with Crippen LogP contribution in [-0.2, 0) is 0 Å². The van der Waals surface area contributed by atoms with Crippen molar-refractivity contribution in [3.05, 3.63) is 35.9 Å². The first-order valence-corrected chi connectivity index (χ1v) is 7.59. The highest BCUT2D eigenvalue weighted by Gasteiger charge is 2.25. The van der Waals surface area contributed by atoms with Gasteiger partial charge < -0.3 is 5.32 Å². The maximum absolute atomic E-state index is 3.82. The molecule has 0 aromatic heterocycles. The van der Waals surface area contributed by atoms with Gasteiger partial charge in [0, 0.05) is 6.04 Å². The van der Waals surface area contributed by atoms with E-state index in [1.807, 2.05) is 0 Å². The van der Waals surface area contributed by atoms with Crippen molar-refractivity contribution in [1.29, 1.82) is 0 Å². The van der Waals surface area contributed by atoms with Crippen molar-refractivity contribution < 1.29 is 0 Å². The Bertz CT molecular complexity index is 333. The molecule has 1 N–H and O–H groups in total. The molecule has 1 aromatic rings. The Labute approximate surface area is 112 Å². The molecule has 2 rings (SSSR count). The third-order valence-corrected chi connectivity index (χ3v) is 4.42. The standard InChI is InChI=1S/C17H27N/c1-3-14(2)13-18-17-12-8-7-11-16(17)15-9-5-4-6-10-15/h4-6,9-10,14,16-18H,3,7-8,11-13H2,1-2H3. The Hall–Kier alpha value is -0.820. The molecular formula is C17H27N. The van der Waals surface area contributed by atoms with Gasteiger partial charge in [-0.3, -0.25) is 0 Å². The van der Waals surface area contributed by atoms with Crippen molar-refractivity contribution in [2.75, 3.05) is 6.54 Å². The van der Waals surface area contributed by atoms with Gasteiger partial charge >= 0.3 is 0 Å². The lowest BCUT2D eigenvalue weighted by atomic mass is 9.80. The van der Waals surface area contributed by atoms with Gasteiger partial charge in [-0.2, -0.15) is 0 Å². The summed E-state index contributed by atoms with van der Waals surface area (Å²) in [5.74, 6) is 1.52. The van der Waals surface area contributed by atoms with E-state index in [1.165, 1.54) is 44.2 Å². The summed E-state index contributed by atoms with van der Waals surface area (Å²) in [6, 6.07) is 11.8. The highest BCUT2D eigenvalue weighted by atomic mass is 14.9. The highest BCUT2D eigenvalue weighted by Crippen LogP contribution is 2.33. The lowest BCUT2D eigenvalue weighted by Crippen LogP contribution is -2.39. The minimum Gasteiger partial charge on any atom is -0.313 e. The summed E-state index contributed by atoms with van der Waals surface area (Å²) in [6.07, 6.45) is 6.75. The summed E-state index contributed by atoms with van der Waals surface area (Å²) in [6.45, 7) is 5.79. The molecule has 1 nitrogen and oxygen atoms in total. The SMILES string of the molecule is CCC(C)CNC1CCCCC1c1ccccc1. The van der Waals surface area contributed by atoms with Gasteiger partial charge in [0.2, 0.25) is 0 Å². The molecule has 3 atom stereocenters. The molecular weight excluding hydrogens is 218 g/mol. The van der Waals surface area contributed by atoms with E-state index in [0.29, 0.717) is 6.04 Å². The third-order valence-electron chi connectivity index (χ3n) is 4.42. The van der Waals surface area contributed by atoms with Crippen LogP contribution in [0.3, 0.4) is 0 Å². The first-order valence-electron chi connectivity index (χ1n) is 7.59. The predicted molar refractivity (Wildman–Crippen MR) is 78.9 cm³/mol. The second kappa shape index (κ2) is 6.94. The highest BCUT2D eigenvalue weighted by molar-refractivity contribution is 5.21. The van der Waals surface area contributed by atoms with E-state index in [1.54, 1.807) is 0 Å². The smallest absolute Gasteiger partial charge is 0.0136 e. The lowest BCUT2D eigenvalue weighted by Gasteiger charge is -2.33. The van der Waals surface area contributed by atoms with Crippen LogP contribution >= 0.6 is 0 Å². The van der Waals surface area contributed by atoms with E-state index in [-0.39, 0.29) is 0 Å². The van der Waals surface area contributed by atoms with Crippen molar-refractivity contribution in [3.63, 3.8) is 0 Å². The molecule has 3 unspecified atom stereocenters. The van der Waals surface area contributed by atoms with E-state index in [9.17, 15) is 0 Å². The fraction of sp³-hybridized carbons (Fsp3) is 0.647. The van der Waals surface area contributed by atoms with Crippen molar-refractivity contribution in [2.45, 2.75) is 57.9 Å². The van der Waals surface area contributed by atoms with Crippen LogP contribution in [0, 0.1) is 5.92 Å². The Morgan fingerprint density at radius 3 is 2.61 bits per heavy atom. The van der Waals surface area contributed by atoms with Crippen LogP contribution in [0.2, 0.25) is 0 Å². The van der Waals surface area contributed by atoms with E-state index in [4.69, 9.17) is 0 Å². The maximum atomic E-state index is 3.82. The van der Waals surface area contributed by atoms with Gasteiger partial charge in [0.25, 0.3) is 0 Å². The van der Waals surface area contributed by atoms with Crippen LogP contribution in [0.15, 0.2) is 30.3 Å². The van der Waals surface area contributed by atoms with Crippen molar-refractivity contribution in [1.82, 2.24) is 5.32 Å². The lowest BCUT2D eigenvalue weighted by molar-refractivity contribution is 0.311. The Balaban J connectivity index is 1.98. The third kappa shape index (κ3) is 3.58. The molecule has 1 aliphatic rings. The van der Waals surface area contributed by atoms with Crippen molar-refractivity contribution in [2.24, 2.45) is 5.92 Å². The first kappa shape index (κ1) is 13.6. The summed E-state index contributed by atoms with van der Waals surface area (Å²) < 4.78 is 0. The molecule has 0 aliphatic heterocycles. The summed E-state index contributed by atoms with van der Waals surface area (Å²) in [4.78, 5) is 0. The van der Waals surface area contributed by atoms with Gasteiger partial charge in [0.15, 0.2) is 0 Å². The largest absolute Gasteiger partial charge is 0.313 e. The van der Waals surface area contributed by atoms with Gasteiger partial charge in [-0.25, -0.2) is 0 Å². The van der Waals surface area contributed by atoms with Crippen LogP contribution in [0.1, 0.15) is 57.4 Å². The number of hydrogen-bond donors (Lipinski definition) is 1. The zero-order valence-corrected chi connectivity index (χ0v) is 11.9. The van der Waals surface area contributed by atoms with Crippen molar-refractivity contribution in [3.8, 4) is 0 Å². The van der Waals surface area contributed by atoms with E-state index in [2.05, 4.69) is 49.5 Å². The Morgan fingerprint density at radius 1 is 1.17 bits per heavy atom. The van der Waals surface area contributed by atoms with Gasteiger partial charge in [0.1, 0.15) is 0 Å². The molecule has 0 bridgehead atoms. The minimum absolute atomic E-state index is 0.690.